The van der Waals surface area contributed by atoms with Crippen LogP contribution in [0.25, 0.3) is 0 Å². The first-order valence-electron chi connectivity index (χ1n) is 4.01. The summed E-state index contributed by atoms with van der Waals surface area (Å²) < 4.78 is 23.4. The van der Waals surface area contributed by atoms with Crippen molar-refractivity contribution in [2.24, 2.45) is 5.92 Å². The van der Waals surface area contributed by atoms with Gasteiger partial charge in [-0.1, -0.05) is 12.8 Å². The zero-order chi connectivity index (χ0) is 9.03. The molecule has 0 aromatic heterocycles. The van der Waals surface area contributed by atoms with Crippen molar-refractivity contribution in [3.63, 3.8) is 0 Å². The Bertz CT molecular complexity index is 243. The predicted molar refractivity (Wildman–Crippen MR) is 44.6 cm³/mol. The lowest BCUT2D eigenvalue weighted by Crippen LogP contribution is -2.24. The first kappa shape index (κ1) is 9.51. The van der Waals surface area contributed by atoms with Gasteiger partial charge in [-0.2, -0.15) is 0 Å². The maximum Gasteiger partial charge on any atom is 0.323 e. The van der Waals surface area contributed by atoms with Crippen LogP contribution < -0.4 is 4.72 Å². The molecule has 0 saturated heterocycles. The lowest BCUT2D eigenvalue weighted by Gasteiger charge is -1.99. The van der Waals surface area contributed by atoms with Gasteiger partial charge in [-0.05, 0) is 18.8 Å². The van der Waals surface area contributed by atoms with Crippen LogP contribution in [-0.4, -0.2) is 20.6 Å². The number of sulfonamides is 1. The fourth-order valence-corrected chi connectivity index (χ4v) is 1.86. The van der Waals surface area contributed by atoms with Crippen LogP contribution in [0.3, 0.4) is 0 Å². The van der Waals surface area contributed by atoms with Crippen LogP contribution in [0.15, 0.2) is 0 Å². The quantitative estimate of drug-likeness (QED) is 0.607. The smallest absolute Gasteiger partial charge is 0.263 e. The van der Waals surface area contributed by atoms with Crippen LogP contribution in [0.4, 0.5) is 0 Å². The van der Waals surface area contributed by atoms with E-state index < -0.39 is 10.0 Å². The van der Waals surface area contributed by atoms with Gasteiger partial charge in [-0.15, -0.1) is 0 Å². The van der Waals surface area contributed by atoms with Gasteiger partial charge in [0.25, 0.3) is 0 Å². The van der Waals surface area contributed by atoms with Gasteiger partial charge in [-0.25, -0.2) is 13.1 Å². The summed E-state index contributed by atoms with van der Waals surface area (Å²) in [5.74, 6) is 0.777. The van der Waals surface area contributed by atoms with Crippen LogP contribution >= 0.6 is 0 Å². The summed E-state index contributed by atoms with van der Waals surface area (Å²) in [6, 6.07) is 0. The highest BCUT2D eigenvalue weighted by Crippen LogP contribution is 2.33. The fraction of sp³-hybridized carbons (Fsp3) is 0.857. The van der Waals surface area contributed by atoms with Gasteiger partial charge in [0, 0.05) is 0 Å². The highest BCUT2D eigenvalue weighted by atomic mass is 32.2. The van der Waals surface area contributed by atoms with E-state index in [1.807, 2.05) is 0 Å². The number of hydrogen-bond acceptors (Lipinski definition) is 3. The number of carbonyl (C=O) groups excluding carboxylic acids is 1. The minimum Gasteiger partial charge on any atom is -0.263 e. The second kappa shape index (κ2) is 3.89. The topological polar surface area (TPSA) is 63.2 Å². The van der Waals surface area contributed by atoms with Crippen molar-refractivity contribution in [2.45, 2.75) is 25.7 Å². The molecule has 0 aliphatic heterocycles. The third-order valence-electron chi connectivity index (χ3n) is 1.92. The Morgan fingerprint density at radius 2 is 2.08 bits per heavy atom. The second-order valence-electron chi connectivity index (χ2n) is 3.11. The SMILES string of the molecule is O=[C]NS(=O)(=O)CCCC1CC1. The molecule has 1 saturated carbocycles. The van der Waals surface area contributed by atoms with Crippen molar-refractivity contribution in [1.29, 1.82) is 0 Å². The van der Waals surface area contributed by atoms with Gasteiger partial charge in [0.05, 0.1) is 5.75 Å². The average molecular weight is 190 g/mol. The third-order valence-corrected chi connectivity index (χ3v) is 3.14. The number of rotatable bonds is 6. The molecule has 0 atom stereocenters. The zero-order valence-electron chi connectivity index (χ0n) is 6.75. The number of hydrogen-bond donors (Lipinski definition) is 1. The van der Waals surface area contributed by atoms with E-state index in [0.717, 1.165) is 12.3 Å². The lowest BCUT2D eigenvalue weighted by molar-refractivity contribution is 0.546. The highest BCUT2D eigenvalue weighted by Gasteiger charge is 2.21. The summed E-state index contributed by atoms with van der Waals surface area (Å²) in [5.41, 5.74) is 0. The van der Waals surface area contributed by atoms with Gasteiger partial charge < -0.3 is 0 Å². The molecule has 1 radical (unpaired) electrons. The molecule has 1 aliphatic carbocycles. The van der Waals surface area contributed by atoms with E-state index >= 15 is 0 Å². The molecule has 4 nitrogen and oxygen atoms in total. The number of nitrogens with one attached hydrogen (secondary N) is 1. The van der Waals surface area contributed by atoms with Crippen molar-refractivity contribution >= 4 is 16.4 Å². The summed E-state index contributed by atoms with van der Waals surface area (Å²) in [7, 11) is -3.37. The van der Waals surface area contributed by atoms with Crippen LogP contribution in [0.1, 0.15) is 25.7 Å². The Morgan fingerprint density at radius 1 is 1.42 bits per heavy atom. The summed E-state index contributed by atoms with van der Waals surface area (Å²) in [5, 5.41) is 0. The van der Waals surface area contributed by atoms with E-state index in [2.05, 4.69) is 0 Å². The van der Waals surface area contributed by atoms with Crippen molar-refractivity contribution in [1.82, 2.24) is 4.72 Å². The van der Waals surface area contributed by atoms with Gasteiger partial charge in [0.15, 0.2) is 0 Å². The molecule has 69 valence electrons. The minimum absolute atomic E-state index is 0.0404. The molecule has 1 N–H and O–H groups in total. The Labute approximate surface area is 72.4 Å². The third kappa shape index (κ3) is 3.71. The van der Waals surface area contributed by atoms with E-state index in [9.17, 15) is 13.2 Å². The van der Waals surface area contributed by atoms with E-state index in [0.29, 0.717) is 6.42 Å². The van der Waals surface area contributed by atoms with Gasteiger partial charge in [0.1, 0.15) is 0 Å². The molecule has 5 heteroatoms. The minimum atomic E-state index is -3.37. The van der Waals surface area contributed by atoms with Crippen LogP contribution in [0, 0.1) is 5.92 Å². The van der Waals surface area contributed by atoms with Gasteiger partial charge in [0.2, 0.25) is 10.0 Å². The van der Waals surface area contributed by atoms with Crippen molar-refractivity contribution in [2.75, 3.05) is 5.75 Å². The van der Waals surface area contributed by atoms with Crippen molar-refractivity contribution < 1.29 is 13.2 Å². The Kier molecular flexibility index (Phi) is 3.08. The Hall–Kier alpha value is -0.580. The Balaban J connectivity index is 2.14. The second-order valence-corrected chi connectivity index (χ2v) is 4.95. The van der Waals surface area contributed by atoms with Crippen LogP contribution in [0.5, 0.6) is 0 Å². The highest BCUT2D eigenvalue weighted by molar-refractivity contribution is 7.89. The standard InChI is InChI=1S/C7H12NO3S/c9-6-8-12(10,11)5-1-2-7-3-4-7/h7H,1-5H2,(H,8,9). The normalized spacial score (nSPS) is 17.3. The van der Waals surface area contributed by atoms with Crippen molar-refractivity contribution in [3.8, 4) is 0 Å². The molecule has 1 rings (SSSR count). The molecule has 0 aromatic carbocycles. The van der Waals surface area contributed by atoms with Gasteiger partial charge >= 0.3 is 6.41 Å². The molecule has 0 aromatic rings. The number of amides is 1. The molecule has 0 spiro atoms. The summed E-state index contributed by atoms with van der Waals surface area (Å²) in [6.45, 7) is 0. The Morgan fingerprint density at radius 3 is 2.58 bits per heavy atom. The summed E-state index contributed by atoms with van der Waals surface area (Å²) in [4.78, 5) is 9.71. The molecule has 12 heavy (non-hydrogen) atoms. The molecular formula is C7H12NO3S. The van der Waals surface area contributed by atoms with E-state index in [1.54, 1.807) is 4.72 Å². The molecule has 1 fully saturated rings. The first-order chi connectivity index (χ1) is 5.64. The van der Waals surface area contributed by atoms with E-state index in [-0.39, 0.29) is 5.75 Å². The van der Waals surface area contributed by atoms with Crippen LogP contribution in [-0.2, 0) is 14.8 Å². The molecule has 0 bridgehead atoms. The maximum atomic E-state index is 10.9. The van der Waals surface area contributed by atoms with E-state index in [4.69, 9.17) is 0 Å². The predicted octanol–water partition coefficient (Wildman–Crippen LogP) is 0.163. The first-order valence-corrected chi connectivity index (χ1v) is 5.66. The van der Waals surface area contributed by atoms with Crippen LogP contribution in [0.2, 0.25) is 0 Å². The monoisotopic (exact) mass is 190 g/mol. The van der Waals surface area contributed by atoms with E-state index in [1.165, 1.54) is 19.3 Å². The maximum absolute atomic E-state index is 10.9. The largest absolute Gasteiger partial charge is 0.323 e. The summed E-state index contributed by atoms with van der Waals surface area (Å²) >= 11 is 0. The molecule has 0 unspecified atom stereocenters. The average Bonchev–Trinajstić information content (AvgIpc) is 2.70. The zero-order valence-corrected chi connectivity index (χ0v) is 7.56. The molecule has 1 amide bonds. The molecule has 0 heterocycles. The molecule has 1 aliphatic rings. The lowest BCUT2D eigenvalue weighted by atomic mass is 10.2. The summed E-state index contributed by atoms with van der Waals surface area (Å²) in [6.07, 6.45) is 5.23. The van der Waals surface area contributed by atoms with Gasteiger partial charge in [-0.3, -0.25) is 4.79 Å². The van der Waals surface area contributed by atoms with Crippen molar-refractivity contribution in [3.05, 3.63) is 0 Å². The molecular weight excluding hydrogens is 178 g/mol. The fourth-order valence-electron chi connectivity index (χ4n) is 1.08.